The first-order valence-corrected chi connectivity index (χ1v) is 10.1. The van der Waals surface area contributed by atoms with Crippen molar-refractivity contribution in [2.75, 3.05) is 28.2 Å². The topological polar surface area (TPSA) is 49.3 Å². The van der Waals surface area contributed by atoms with Crippen LogP contribution in [0.4, 0.5) is 0 Å². The standard InChI is InChI=1S/C25H34N4O/c1-24(2,21(17-28(5)6)19-9-13-26-14-10-19)23(30)25(3,4)22(18-29(7)8)20-11-15-27-16-12-20/h9-18H,1-8H3. The molecule has 0 aromatic carbocycles. The third-order valence-corrected chi connectivity index (χ3v) is 5.24. The van der Waals surface area contributed by atoms with Crippen LogP contribution in [0.25, 0.3) is 11.1 Å². The van der Waals surface area contributed by atoms with Crippen molar-refractivity contribution in [1.82, 2.24) is 19.8 Å². The summed E-state index contributed by atoms with van der Waals surface area (Å²) in [6, 6.07) is 7.82. The maximum Gasteiger partial charge on any atom is 0.152 e. The number of aromatic nitrogens is 2. The van der Waals surface area contributed by atoms with Crippen molar-refractivity contribution in [2.45, 2.75) is 27.7 Å². The molecule has 0 radical (unpaired) electrons. The third-order valence-electron chi connectivity index (χ3n) is 5.24. The van der Waals surface area contributed by atoms with Gasteiger partial charge in [0.05, 0.1) is 10.8 Å². The number of pyridine rings is 2. The number of allylic oxidation sites excluding steroid dienone is 2. The molecule has 5 heteroatoms. The molecule has 2 aromatic rings. The number of hydrogen-bond acceptors (Lipinski definition) is 5. The van der Waals surface area contributed by atoms with Gasteiger partial charge in [-0.25, -0.2) is 0 Å². The zero-order valence-electron chi connectivity index (χ0n) is 19.5. The first-order valence-electron chi connectivity index (χ1n) is 10.1. The molecule has 30 heavy (non-hydrogen) atoms. The Balaban J connectivity index is 2.60. The van der Waals surface area contributed by atoms with E-state index in [-0.39, 0.29) is 5.78 Å². The molecule has 0 aliphatic carbocycles. The molecule has 0 spiro atoms. The van der Waals surface area contributed by atoms with Gasteiger partial charge >= 0.3 is 0 Å². The second-order valence-corrected chi connectivity index (χ2v) is 9.06. The molecule has 0 bridgehead atoms. The summed E-state index contributed by atoms with van der Waals surface area (Å²) in [5.74, 6) is 0.143. The first kappa shape index (κ1) is 23.3. The van der Waals surface area contributed by atoms with Gasteiger partial charge in [0.1, 0.15) is 0 Å². The molecule has 0 saturated carbocycles. The Labute approximate surface area is 181 Å². The number of carbonyl (C=O) groups excluding carboxylic acids is 1. The monoisotopic (exact) mass is 406 g/mol. The predicted molar refractivity (Wildman–Crippen MR) is 124 cm³/mol. The van der Waals surface area contributed by atoms with Gasteiger partial charge in [-0.3, -0.25) is 14.8 Å². The van der Waals surface area contributed by atoms with Crippen molar-refractivity contribution >= 4 is 16.9 Å². The van der Waals surface area contributed by atoms with E-state index in [4.69, 9.17) is 0 Å². The molecule has 160 valence electrons. The van der Waals surface area contributed by atoms with Gasteiger partial charge in [0, 0.05) is 65.4 Å². The van der Waals surface area contributed by atoms with Crippen LogP contribution in [-0.2, 0) is 4.79 Å². The van der Waals surface area contributed by atoms with Crippen LogP contribution >= 0.6 is 0 Å². The highest BCUT2D eigenvalue weighted by atomic mass is 16.1. The summed E-state index contributed by atoms with van der Waals surface area (Å²) in [5.41, 5.74) is 2.46. The van der Waals surface area contributed by atoms with Crippen molar-refractivity contribution in [3.8, 4) is 0 Å². The van der Waals surface area contributed by atoms with Crippen molar-refractivity contribution in [3.05, 3.63) is 72.6 Å². The minimum atomic E-state index is -0.729. The van der Waals surface area contributed by atoms with Crippen LogP contribution < -0.4 is 0 Å². The lowest BCUT2D eigenvalue weighted by Crippen LogP contribution is -2.39. The summed E-state index contributed by atoms with van der Waals surface area (Å²) in [6.45, 7) is 8.03. The lowest BCUT2D eigenvalue weighted by Gasteiger charge is -2.37. The molecular weight excluding hydrogens is 372 g/mol. The fourth-order valence-electron chi connectivity index (χ4n) is 3.80. The van der Waals surface area contributed by atoms with Gasteiger partial charge in [-0.1, -0.05) is 0 Å². The van der Waals surface area contributed by atoms with Crippen molar-refractivity contribution in [1.29, 1.82) is 0 Å². The summed E-state index contributed by atoms with van der Waals surface area (Å²) in [5, 5.41) is 0. The molecule has 0 N–H and O–H groups in total. The van der Waals surface area contributed by atoms with Crippen LogP contribution in [0.5, 0.6) is 0 Å². The Bertz CT molecular complexity index is 835. The molecule has 0 atom stereocenters. The second kappa shape index (κ2) is 9.24. The number of ketones is 1. The van der Waals surface area contributed by atoms with E-state index >= 15 is 0 Å². The zero-order chi connectivity index (χ0) is 22.5. The number of carbonyl (C=O) groups is 1. The Morgan fingerprint density at radius 3 is 1.27 bits per heavy atom. The molecular formula is C25H34N4O. The summed E-state index contributed by atoms with van der Waals surface area (Å²) in [7, 11) is 7.89. The zero-order valence-corrected chi connectivity index (χ0v) is 19.5. The lowest BCUT2D eigenvalue weighted by atomic mass is 9.65. The quantitative estimate of drug-likeness (QED) is 0.641. The van der Waals surface area contributed by atoms with Crippen molar-refractivity contribution < 1.29 is 4.79 Å². The van der Waals surface area contributed by atoms with Crippen LogP contribution in [0.15, 0.2) is 61.5 Å². The largest absolute Gasteiger partial charge is 0.383 e. The Morgan fingerprint density at radius 1 is 0.700 bits per heavy atom. The second-order valence-electron chi connectivity index (χ2n) is 9.06. The predicted octanol–water partition coefficient (Wildman–Crippen LogP) is 4.60. The Kier molecular flexibility index (Phi) is 7.19. The molecule has 0 unspecified atom stereocenters. The molecule has 5 nitrogen and oxygen atoms in total. The lowest BCUT2D eigenvalue weighted by molar-refractivity contribution is -0.130. The SMILES string of the molecule is CN(C)C=C(c1ccncc1)C(C)(C)C(=O)C(C)(C)C(=CN(C)C)c1ccncc1. The van der Waals surface area contributed by atoms with Crippen LogP contribution in [0.1, 0.15) is 38.8 Å². The number of nitrogens with zero attached hydrogens (tertiary/aromatic N) is 4. The molecule has 0 fully saturated rings. The fraction of sp³-hybridized carbons (Fsp3) is 0.400. The van der Waals surface area contributed by atoms with Crippen LogP contribution in [-0.4, -0.2) is 53.7 Å². The fourth-order valence-corrected chi connectivity index (χ4v) is 3.80. The van der Waals surface area contributed by atoms with E-state index in [2.05, 4.69) is 9.97 Å². The van der Waals surface area contributed by atoms with Gasteiger partial charge in [0.25, 0.3) is 0 Å². The molecule has 2 aromatic heterocycles. The van der Waals surface area contributed by atoms with Crippen molar-refractivity contribution in [2.24, 2.45) is 10.8 Å². The highest BCUT2D eigenvalue weighted by Crippen LogP contribution is 2.46. The van der Waals surface area contributed by atoms with Gasteiger partial charge in [-0.15, -0.1) is 0 Å². The van der Waals surface area contributed by atoms with E-state index in [1.807, 2.05) is 102 Å². The summed E-state index contributed by atoms with van der Waals surface area (Å²) < 4.78 is 0. The first-order chi connectivity index (χ1) is 14.0. The summed E-state index contributed by atoms with van der Waals surface area (Å²) in [4.78, 5) is 26.4. The molecule has 2 rings (SSSR count). The van der Waals surface area contributed by atoms with E-state index < -0.39 is 10.8 Å². The van der Waals surface area contributed by atoms with Gasteiger partial charge in [0.2, 0.25) is 0 Å². The van der Waals surface area contributed by atoms with Crippen molar-refractivity contribution in [3.63, 3.8) is 0 Å². The maximum atomic E-state index is 14.1. The highest BCUT2D eigenvalue weighted by Gasteiger charge is 2.44. The summed E-state index contributed by atoms with van der Waals surface area (Å²) in [6.07, 6.45) is 11.1. The smallest absolute Gasteiger partial charge is 0.152 e. The van der Waals surface area contributed by atoms with E-state index in [1.54, 1.807) is 24.8 Å². The molecule has 0 saturated heterocycles. The number of hydrogen-bond donors (Lipinski definition) is 0. The molecule has 0 aliphatic heterocycles. The number of rotatable bonds is 8. The van der Waals surface area contributed by atoms with Gasteiger partial charge < -0.3 is 9.80 Å². The van der Waals surface area contributed by atoms with E-state index in [1.165, 1.54) is 0 Å². The maximum absolute atomic E-state index is 14.1. The molecule has 0 aliphatic rings. The van der Waals surface area contributed by atoms with E-state index in [9.17, 15) is 4.79 Å². The normalized spacial score (nSPS) is 13.2. The van der Waals surface area contributed by atoms with Crippen LogP contribution in [0.3, 0.4) is 0 Å². The minimum Gasteiger partial charge on any atom is -0.383 e. The van der Waals surface area contributed by atoms with Crippen LogP contribution in [0, 0.1) is 10.8 Å². The number of Topliss-reactive ketones (excluding diaryl/α,β-unsaturated/α-hetero) is 1. The minimum absolute atomic E-state index is 0.143. The van der Waals surface area contributed by atoms with Gasteiger partial charge in [0.15, 0.2) is 5.78 Å². The van der Waals surface area contributed by atoms with E-state index in [0.717, 1.165) is 22.3 Å². The summed E-state index contributed by atoms with van der Waals surface area (Å²) >= 11 is 0. The Morgan fingerprint density at radius 2 is 1.00 bits per heavy atom. The average Bonchev–Trinajstić information content (AvgIpc) is 2.70. The average molecular weight is 407 g/mol. The molecule has 2 heterocycles. The van der Waals surface area contributed by atoms with Gasteiger partial charge in [-0.2, -0.15) is 0 Å². The van der Waals surface area contributed by atoms with Gasteiger partial charge in [-0.05, 0) is 74.2 Å². The van der Waals surface area contributed by atoms with E-state index in [0.29, 0.717) is 0 Å². The highest BCUT2D eigenvalue weighted by molar-refractivity contribution is 6.06. The van der Waals surface area contributed by atoms with Crippen LogP contribution in [0.2, 0.25) is 0 Å². The third kappa shape index (κ3) is 5.15. The Hall–Kier alpha value is -2.95. The molecule has 0 amide bonds.